The van der Waals surface area contributed by atoms with Crippen LogP contribution in [0.25, 0.3) is 0 Å². The maximum absolute atomic E-state index is 11.5. The first-order valence-electron chi connectivity index (χ1n) is 62.1. The molecule has 4 unspecified atom stereocenters. The molecule has 840 valence electrons. The van der Waals surface area contributed by atoms with Crippen molar-refractivity contribution >= 4 is 17.7 Å². The van der Waals surface area contributed by atoms with E-state index >= 15 is 0 Å². The van der Waals surface area contributed by atoms with Crippen molar-refractivity contribution in [3.8, 4) is 0 Å². The van der Waals surface area contributed by atoms with Crippen molar-refractivity contribution in [2.75, 3.05) is 118 Å². The monoisotopic (exact) mass is 1990 g/mol. The minimum atomic E-state index is 0. The van der Waals surface area contributed by atoms with Crippen molar-refractivity contribution in [2.24, 2.45) is 124 Å². The minimum absolute atomic E-state index is 0. The van der Waals surface area contributed by atoms with Gasteiger partial charge in [0.25, 0.3) is 0 Å². The van der Waals surface area contributed by atoms with Gasteiger partial charge in [0, 0.05) is 71.7 Å². The van der Waals surface area contributed by atoms with Crippen molar-refractivity contribution in [1.82, 2.24) is 34.7 Å². The van der Waals surface area contributed by atoms with Gasteiger partial charge in [-0.15, -0.1) is 0 Å². The number of likely N-dealkylation sites (tertiary alicyclic amines) is 6. The average molecular weight is 1990 g/mol. The van der Waals surface area contributed by atoms with Crippen LogP contribution in [0.3, 0.4) is 0 Å². The van der Waals surface area contributed by atoms with Crippen molar-refractivity contribution in [1.29, 1.82) is 0 Å². The Balaban J connectivity index is -0.00000147. The summed E-state index contributed by atoms with van der Waals surface area (Å²) in [6.45, 7) is 93.7. The lowest BCUT2D eigenvalue weighted by Gasteiger charge is -2.32. The second-order valence-electron chi connectivity index (χ2n) is 50.9. The Morgan fingerprint density at radius 2 is 0.603 bits per heavy atom. The van der Waals surface area contributed by atoms with Gasteiger partial charge in [0.1, 0.15) is 0 Å². The second-order valence-corrected chi connectivity index (χ2v) is 50.9. The first-order chi connectivity index (χ1) is 66.7. The summed E-state index contributed by atoms with van der Waals surface area (Å²) < 4.78 is 5.59. The molecule has 0 bridgehead atoms. The largest absolute Gasteiger partial charge is 0.378 e. The number of ether oxygens (including phenoxy) is 1. The van der Waals surface area contributed by atoms with Gasteiger partial charge in [-0.05, 0) is 370 Å². The van der Waals surface area contributed by atoms with Crippen molar-refractivity contribution in [2.45, 2.75) is 543 Å². The van der Waals surface area contributed by atoms with Crippen LogP contribution in [0.5, 0.6) is 0 Å². The summed E-state index contributed by atoms with van der Waals surface area (Å²) in [6, 6.07) is 12.0. The Bertz CT molecular complexity index is 2650. The predicted molar refractivity (Wildman–Crippen MR) is 631 cm³/mol. The fraction of sp³-hybridized carbons (Fsp3) is 0.931. The Labute approximate surface area is 887 Å². The number of nitrogens with zero attached hydrogens (tertiary/aromatic N) is 6. The summed E-state index contributed by atoms with van der Waals surface area (Å²) in [4.78, 5) is 48.2. The molecule has 1 aromatic carbocycles. The lowest BCUT2D eigenvalue weighted by atomic mass is 9.78. The standard InChI is InChI=1S/C12H23NO.C12H25N.C12H24.C11H21NO.C11H23N.C10H19NO.C10H21N.C10H20.C9H19N.C9H18O.C9H18.C6H6.C5H12.C3H8.CH4/c1-4-12(14)13-7-5-11(6-8-13)9-10(2)3;1-4-7-13-8-5-12(6-9-13)10-11(2)3;1-4-11-5-7-12(8-6-11)9-10(2)3;1-4-11(13)12-6-5-10(8-12)7-9(2)3;1-4-6-12-7-5-11(9-12)8-10(2)3;1-9(2)8-10(12)11-6-4-3-5-7-11;1-10(2)6-9-11-7-4-3-5-8-11;1-9(2)8-10-6-4-3-5-7-10;1-8(2)6-9-4-3-5-10-7-9;1-8(2)7-9-5-3-4-6-10-9;1-8(2)7-9-5-3-4-6-9;1-2-4-6-5-3-1;1-4-5(2)3;1-3-2;/h10-11H,4-9H2,1-3H3;11-12H,4-10H2,1-3H3;10-12H,4-9H2,1-3H3;9-10H,4-8H2,1-3H3;10-11H,4-9H2,1-3H3;9H,3-8H2,1-2H3;10H,3-9H2,1-2H3;9-10H,3-8H2,1-2H3;8-10H,3-7H2,1-2H3;8-9H,3-7H2,1-2H3;8-9H,3-7H2,1-2H3;1-6H;5H,4H2,1-3H3;3H2,1-2H3;1H4. The third kappa shape index (κ3) is 87.8. The quantitative estimate of drug-likeness (QED) is 0.0786. The molecule has 12 rings (SSSR count). The summed E-state index contributed by atoms with van der Waals surface area (Å²) in [5, 5.41) is 3.44. The summed E-state index contributed by atoms with van der Waals surface area (Å²) in [5.74, 6) is 19.9. The second kappa shape index (κ2) is 94.6. The van der Waals surface area contributed by atoms with Crippen molar-refractivity contribution < 1.29 is 19.1 Å². The molecular formula is C130H261N7O4. The number of carbonyl (C=O) groups is 3. The fourth-order valence-corrected chi connectivity index (χ4v) is 22.7. The molecule has 11 heteroatoms. The number of carbonyl (C=O) groups excluding carboxylic acids is 3. The van der Waals surface area contributed by atoms with E-state index in [1.165, 1.54) is 361 Å². The Kier molecular flexibility index (Phi) is 95.6. The molecule has 1 aromatic rings. The Morgan fingerprint density at radius 3 is 0.986 bits per heavy atom. The molecule has 0 aromatic heterocycles. The number of amides is 3. The molecule has 0 spiro atoms. The molecule has 8 heterocycles. The first-order valence-corrected chi connectivity index (χ1v) is 62.1. The SMILES string of the molecule is C.CC(C)CC(=O)N1CCCCC1.CC(C)CC1CCCC1.CC(C)CC1CCCCC1.CC(C)CC1CCCCO1.CC(C)CC1CCCNC1.CC(C)CCN1CCCCC1.CCC.CCC(=O)N1CCC(CC(C)C)C1.CCC(=O)N1CCC(CC(C)C)CC1.CCC(C)C.CCC1CCC(CC(C)C)CC1.CCCN1CCC(CC(C)C)C1.CCCN1CCC(CC(C)C)CC1.c1ccccc1. The summed E-state index contributed by atoms with van der Waals surface area (Å²) in [7, 11) is 0. The van der Waals surface area contributed by atoms with E-state index < -0.39 is 0 Å². The number of hydrogen-bond donors (Lipinski definition) is 1. The number of benzene rings is 1. The van der Waals surface area contributed by atoms with Crippen LogP contribution >= 0.6 is 0 Å². The van der Waals surface area contributed by atoms with Gasteiger partial charge in [0.15, 0.2) is 0 Å². The molecule has 8 saturated heterocycles. The van der Waals surface area contributed by atoms with E-state index in [-0.39, 0.29) is 7.43 Å². The minimum Gasteiger partial charge on any atom is -0.378 e. The molecule has 11 nitrogen and oxygen atoms in total. The molecule has 3 saturated carbocycles. The topological polar surface area (TPSA) is 91.9 Å². The molecule has 8 aliphatic heterocycles. The number of piperidine rings is 5. The molecule has 1 N–H and O–H groups in total. The van der Waals surface area contributed by atoms with Gasteiger partial charge in [-0.3, -0.25) is 14.4 Å². The van der Waals surface area contributed by atoms with E-state index in [4.69, 9.17) is 4.74 Å². The van der Waals surface area contributed by atoms with E-state index in [1.807, 2.05) is 64.9 Å². The highest BCUT2D eigenvalue weighted by Gasteiger charge is 2.29. The van der Waals surface area contributed by atoms with E-state index in [1.54, 1.807) is 0 Å². The lowest BCUT2D eigenvalue weighted by Crippen LogP contribution is -2.38. The van der Waals surface area contributed by atoms with E-state index in [2.05, 4.69) is 228 Å². The van der Waals surface area contributed by atoms with Gasteiger partial charge in [-0.25, -0.2) is 0 Å². The van der Waals surface area contributed by atoms with Crippen LogP contribution < -0.4 is 5.32 Å². The van der Waals surface area contributed by atoms with E-state index in [9.17, 15) is 14.4 Å². The molecule has 11 fully saturated rings. The van der Waals surface area contributed by atoms with Gasteiger partial charge < -0.3 is 39.5 Å². The van der Waals surface area contributed by atoms with Crippen LogP contribution in [0.4, 0.5) is 0 Å². The van der Waals surface area contributed by atoms with Crippen LogP contribution in [-0.4, -0.2) is 171 Å². The molecule has 11 aliphatic rings. The highest BCUT2D eigenvalue weighted by molar-refractivity contribution is 5.77. The highest BCUT2D eigenvalue weighted by atomic mass is 16.5. The maximum Gasteiger partial charge on any atom is 0.222 e. The zero-order valence-corrected chi connectivity index (χ0v) is 101. The van der Waals surface area contributed by atoms with E-state index in [0.717, 1.165) is 171 Å². The molecule has 0 radical (unpaired) electrons. The van der Waals surface area contributed by atoms with Crippen LogP contribution in [0.1, 0.15) is 537 Å². The first kappa shape index (κ1) is 143. The highest BCUT2D eigenvalue weighted by Crippen LogP contribution is 2.36. The van der Waals surface area contributed by atoms with Crippen LogP contribution in [0.15, 0.2) is 36.4 Å². The Hall–Kier alpha value is -2.57. The molecular weight excluding hydrogens is 1720 g/mol. The van der Waals surface area contributed by atoms with Crippen molar-refractivity contribution in [3.05, 3.63) is 36.4 Å². The number of hydrogen-bond acceptors (Lipinski definition) is 8. The number of nitrogens with one attached hydrogen (secondary N) is 1. The Morgan fingerprint density at radius 1 is 0.284 bits per heavy atom. The molecule has 4 atom stereocenters. The summed E-state index contributed by atoms with van der Waals surface area (Å²) in [5.41, 5.74) is 0. The molecule has 141 heavy (non-hydrogen) atoms. The zero-order valence-electron chi connectivity index (χ0n) is 101. The van der Waals surface area contributed by atoms with Gasteiger partial charge in [-0.1, -0.05) is 375 Å². The average Bonchev–Trinajstić information content (AvgIpc) is 1.54. The van der Waals surface area contributed by atoms with E-state index in [0.29, 0.717) is 42.6 Å². The van der Waals surface area contributed by atoms with Gasteiger partial charge in [-0.2, -0.15) is 0 Å². The maximum atomic E-state index is 11.5. The predicted octanol–water partition coefficient (Wildman–Crippen LogP) is 37.0. The van der Waals surface area contributed by atoms with Crippen LogP contribution in [-0.2, 0) is 19.1 Å². The number of rotatable bonds is 31. The van der Waals surface area contributed by atoms with Gasteiger partial charge in [0.05, 0.1) is 6.10 Å². The lowest BCUT2D eigenvalue weighted by molar-refractivity contribution is -0.133. The zero-order chi connectivity index (χ0) is 105. The van der Waals surface area contributed by atoms with Crippen LogP contribution in [0.2, 0.25) is 0 Å². The smallest absolute Gasteiger partial charge is 0.222 e. The third-order valence-corrected chi connectivity index (χ3v) is 30.2. The molecule has 3 amide bonds. The van der Waals surface area contributed by atoms with Crippen LogP contribution in [0, 0.1) is 124 Å². The third-order valence-electron chi connectivity index (χ3n) is 30.2. The van der Waals surface area contributed by atoms with Gasteiger partial charge in [0.2, 0.25) is 17.7 Å². The van der Waals surface area contributed by atoms with Crippen molar-refractivity contribution in [3.63, 3.8) is 0 Å². The fourth-order valence-electron chi connectivity index (χ4n) is 22.7. The summed E-state index contributed by atoms with van der Waals surface area (Å²) >= 11 is 0. The normalized spacial score (nSPS) is 21.6. The van der Waals surface area contributed by atoms with Gasteiger partial charge >= 0.3 is 0 Å². The molecule has 3 aliphatic carbocycles. The summed E-state index contributed by atoms with van der Waals surface area (Å²) in [6.07, 6.45) is 65.5.